The molecule has 3 unspecified atom stereocenters. The molecular weight excluding hydrogens is 218 g/mol. The number of aromatic nitrogens is 2. The molecule has 0 saturated carbocycles. The molecule has 1 aromatic heterocycles. The number of hydrogen-bond donors (Lipinski definition) is 1. The summed E-state index contributed by atoms with van der Waals surface area (Å²) in [6.07, 6.45) is 2.01. The lowest BCUT2D eigenvalue weighted by Gasteiger charge is -2.28. The highest BCUT2D eigenvalue weighted by atomic mass is 16.5. The molecule has 1 N–H and O–H groups in total. The number of ether oxygens (including phenoxy) is 1. The van der Waals surface area contributed by atoms with Crippen LogP contribution < -0.4 is 5.32 Å². The highest BCUT2D eigenvalue weighted by Gasteiger charge is 2.31. The lowest BCUT2D eigenvalue weighted by atomic mass is 9.96. The highest BCUT2D eigenvalue weighted by molar-refractivity contribution is 5.03. The first-order valence-electron chi connectivity index (χ1n) is 6.34. The van der Waals surface area contributed by atoms with Crippen LogP contribution in [0.25, 0.3) is 0 Å². The molecule has 1 saturated heterocycles. The summed E-state index contributed by atoms with van der Waals surface area (Å²) in [5, 5.41) is 7.36. The quantitative estimate of drug-likeness (QED) is 0.866. The molecule has 96 valence electrons. The Balaban J connectivity index is 2.12. The maximum atomic E-state index is 5.50. The first kappa shape index (κ1) is 12.5. The van der Waals surface area contributed by atoms with Gasteiger partial charge in [-0.25, -0.2) is 0 Å². The maximum absolute atomic E-state index is 5.50. The van der Waals surface area contributed by atoms with Crippen LogP contribution in [0.1, 0.15) is 50.2 Å². The SMILES string of the molecule is CCC(C)c1noc(C2COCCC2NC)n1. The van der Waals surface area contributed by atoms with Crippen molar-refractivity contribution in [2.24, 2.45) is 0 Å². The summed E-state index contributed by atoms with van der Waals surface area (Å²) in [5.74, 6) is 2.05. The van der Waals surface area contributed by atoms with Gasteiger partial charge in [-0.3, -0.25) is 0 Å². The molecule has 0 radical (unpaired) electrons. The van der Waals surface area contributed by atoms with Gasteiger partial charge in [0, 0.05) is 18.6 Å². The summed E-state index contributed by atoms with van der Waals surface area (Å²) in [6, 6.07) is 0.369. The van der Waals surface area contributed by atoms with E-state index in [1.165, 1.54) is 0 Å². The summed E-state index contributed by atoms with van der Waals surface area (Å²) in [6.45, 7) is 5.70. The van der Waals surface area contributed by atoms with Crippen molar-refractivity contribution < 1.29 is 9.26 Å². The lowest BCUT2D eigenvalue weighted by Crippen LogP contribution is -2.39. The summed E-state index contributed by atoms with van der Waals surface area (Å²) >= 11 is 0. The second kappa shape index (κ2) is 5.60. The van der Waals surface area contributed by atoms with E-state index in [0.717, 1.165) is 25.3 Å². The third-order valence-corrected chi connectivity index (χ3v) is 3.55. The van der Waals surface area contributed by atoms with E-state index in [0.29, 0.717) is 24.5 Å². The fourth-order valence-electron chi connectivity index (χ4n) is 2.11. The van der Waals surface area contributed by atoms with Crippen LogP contribution >= 0.6 is 0 Å². The second-order valence-electron chi connectivity index (χ2n) is 4.67. The molecule has 0 amide bonds. The Hall–Kier alpha value is -0.940. The van der Waals surface area contributed by atoms with Gasteiger partial charge in [-0.2, -0.15) is 4.98 Å². The lowest BCUT2D eigenvalue weighted by molar-refractivity contribution is 0.0516. The number of likely N-dealkylation sites (N-methyl/N-ethyl adjacent to an activating group) is 1. The first-order chi connectivity index (χ1) is 8.26. The Morgan fingerprint density at radius 3 is 3.06 bits per heavy atom. The Labute approximate surface area is 102 Å². The fourth-order valence-corrected chi connectivity index (χ4v) is 2.11. The maximum Gasteiger partial charge on any atom is 0.233 e. The summed E-state index contributed by atoms with van der Waals surface area (Å²) in [5.41, 5.74) is 0. The monoisotopic (exact) mass is 239 g/mol. The number of rotatable bonds is 4. The number of hydrogen-bond acceptors (Lipinski definition) is 5. The minimum atomic E-state index is 0.180. The molecular formula is C12H21N3O2. The van der Waals surface area contributed by atoms with Crippen molar-refractivity contribution in [3.8, 4) is 0 Å². The van der Waals surface area contributed by atoms with Crippen LogP contribution in [0.5, 0.6) is 0 Å². The molecule has 0 aromatic carbocycles. The standard InChI is InChI=1S/C12H21N3O2/c1-4-8(2)11-14-12(17-15-11)9-7-16-6-5-10(9)13-3/h8-10,13H,4-7H2,1-3H3. The molecule has 5 heteroatoms. The highest BCUT2D eigenvalue weighted by Crippen LogP contribution is 2.26. The van der Waals surface area contributed by atoms with E-state index in [1.54, 1.807) is 0 Å². The van der Waals surface area contributed by atoms with E-state index in [9.17, 15) is 0 Å². The Morgan fingerprint density at radius 1 is 1.53 bits per heavy atom. The van der Waals surface area contributed by atoms with E-state index in [4.69, 9.17) is 9.26 Å². The zero-order valence-electron chi connectivity index (χ0n) is 10.8. The van der Waals surface area contributed by atoms with Crippen LogP contribution in [-0.2, 0) is 4.74 Å². The van der Waals surface area contributed by atoms with E-state index in [2.05, 4.69) is 29.3 Å². The van der Waals surface area contributed by atoms with E-state index in [-0.39, 0.29) is 5.92 Å². The Morgan fingerprint density at radius 2 is 2.35 bits per heavy atom. The van der Waals surface area contributed by atoms with Crippen LogP contribution in [0.4, 0.5) is 0 Å². The minimum absolute atomic E-state index is 0.180. The van der Waals surface area contributed by atoms with Gasteiger partial charge in [0.25, 0.3) is 0 Å². The smallest absolute Gasteiger partial charge is 0.233 e. The Kier molecular flexibility index (Phi) is 4.12. The molecule has 2 rings (SSSR count). The average molecular weight is 239 g/mol. The zero-order chi connectivity index (χ0) is 12.3. The molecule has 17 heavy (non-hydrogen) atoms. The van der Waals surface area contributed by atoms with Crippen molar-refractivity contribution >= 4 is 0 Å². The van der Waals surface area contributed by atoms with Gasteiger partial charge in [-0.15, -0.1) is 0 Å². The van der Waals surface area contributed by atoms with Crippen molar-refractivity contribution in [3.63, 3.8) is 0 Å². The fraction of sp³-hybridized carbons (Fsp3) is 0.833. The predicted octanol–water partition coefficient (Wildman–Crippen LogP) is 1.68. The molecule has 1 aliphatic rings. The first-order valence-corrected chi connectivity index (χ1v) is 6.34. The van der Waals surface area contributed by atoms with Crippen LogP contribution in [0.3, 0.4) is 0 Å². The van der Waals surface area contributed by atoms with Gasteiger partial charge >= 0.3 is 0 Å². The molecule has 1 fully saturated rings. The third kappa shape index (κ3) is 2.66. The summed E-state index contributed by atoms with van der Waals surface area (Å²) in [4.78, 5) is 4.51. The molecule has 2 heterocycles. The van der Waals surface area contributed by atoms with Crippen molar-refractivity contribution in [1.29, 1.82) is 0 Å². The molecule has 5 nitrogen and oxygen atoms in total. The van der Waals surface area contributed by atoms with E-state index >= 15 is 0 Å². The van der Waals surface area contributed by atoms with Gasteiger partial charge in [0.2, 0.25) is 5.89 Å². The van der Waals surface area contributed by atoms with Gasteiger partial charge in [0.1, 0.15) is 0 Å². The van der Waals surface area contributed by atoms with Gasteiger partial charge in [-0.05, 0) is 19.9 Å². The van der Waals surface area contributed by atoms with E-state index < -0.39 is 0 Å². The van der Waals surface area contributed by atoms with Crippen molar-refractivity contribution in [3.05, 3.63) is 11.7 Å². The molecule has 3 atom stereocenters. The van der Waals surface area contributed by atoms with Gasteiger partial charge in [-0.1, -0.05) is 19.0 Å². The van der Waals surface area contributed by atoms with E-state index in [1.807, 2.05) is 7.05 Å². The van der Waals surface area contributed by atoms with Gasteiger partial charge in [0.15, 0.2) is 5.82 Å². The van der Waals surface area contributed by atoms with Crippen LogP contribution in [0, 0.1) is 0 Å². The second-order valence-corrected chi connectivity index (χ2v) is 4.67. The minimum Gasteiger partial charge on any atom is -0.381 e. The summed E-state index contributed by atoms with van der Waals surface area (Å²) < 4.78 is 10.9. The van der Waals surface area contributed by atoms with Crippen LogP contribution in [0.2, 0.25) is 0 Å². The van der Waals surface area contributed by atoms with Crippen molar-refractivity contribution in [2.45, 2.75) is 44.6 Å². The normalized spacial score (nSPS) is 27.0. The Bertz CT molecular complexity index is 353. The molecule has 1 aliphatic heterocycles. The van der Waals surface area contributed by atoms with Crippen molar-refractivity contribution in [1.82, 2.24) is 15.5 Å². The topological polar surface area (TPSA) is 60.2 Å². The molecule has 0 spiro atoms. The zero-order valence-corrected chi connectivity index (χ0v) is 10.8. The average Bonchev–Trinajstić information content (AvgIpc) is 2.87. The molecule has 0 aliphatic carbocycles. The van der Waals surface area contributed by atoms with Crippen LogP contribution in [-0.4, -0.2) is 36.4 Å². The predicted molar refractivity (Wildman–Crippen MR) is 64.0 cm³/mol. The third-order valence-electron chi connectivity index (χ3n) is 3.55. The summed E-state index contributed by atoms with van der Waals surface area (Å²) in [7, 11) is 1.97. The number of nitrogens with zero attached hydrogens (tertiary/aromatic N) is 2. The van der Waals surface area contributed by atoms with Gasteiger partial charge < -0.3 is 14.6 Å². The largest absolute Gasteiger partial charge is 0.381 e. The van der Waals surface area contributed by atoms with Gasteiger partial charge in [0.05, 0.1) is 12.5 Å². The molecule has 0 bridgehead atoms. The van der Waals surface area contributed by atoms with Crippen molar-refractivity contribution in [2.75, 3.05) is 20.3 Å². The van der Waals surface area contributed by atoms with Crippen LogP contribution in [0.15, 0.2) is 4.52 Å². The molecule has 1 aromatic rings. The number of nitrogens with one attached hydrogen (secondary N) is 1.